The molecule has 0 radical (unpaired) electrons. The second-order valence-electron chi connectivity index (χ2n) is 5.96. The van der Waals surface area contributed by atoms with Crippen molar-refractivity contribution in [3.8, 4) is 10.6 Å². The third kappa shape index (κ3) is 3.67. The fraction of sp³-hybridized carbons (Fsp3) is 0.412. The summed E-state index contributed by atoms with van der Waals surface area (Å²) in [5.41, 5.74) is 1.38. The molecule has 1 fully saturated rings. The lowest BCUT2D eigenvalue weighted by Crippen LogP contribution is -2.41. The third-order valence-corrected chi connectivity index (χ3v) is 6.76. The molecule has 128 valence electrons. The average Bonchev–Trinajstić information content (AvgIpc) is 3.19. The molecular formula is C17H20N2O3S2. The number of rotatable bonds is 5. The van der Waals surface area contributed by atoms with Gasteiger partial charge in [0.05, 0.1) is 11.5 Å². The summed E-state index contributed by atoms with van der Waals surface area (Å²) < 4.78 is 23.5. The van der Waals surface area contributed by atoms with Crippen LogP contribution in [0.1, 0.15) is 30.3 Å². The molecule has 1 aliphatic rings. The summed E-state index contributed by atoms with van der Waals surface area (Å²) in [6.07, 6.45) is 1.31. The van der Waals surface area contributed by atoms with E-state index in [1.165, 1.54) is 11.3 Å². The molecule has 24 heavy (non-hydrogen) atoms. The van der Waals surface area contributed by atoms with E-state index in [0.29, 0.717) is 18.7 Å². The quantitative estimate of drug-likeness (QED) is 0.818. The van der Waals surface area contributed by atoms with Crippen molar-refractivity contribution < 1.29 is 13.2 Å². The van der Waals surface area contributed by atoms with Crippen LogP contribution in [-0.4, -0.2) is 48.3 Å². The molecule has 2 aromatic rings. The Labute approximate surface area is 146 Å². The van der Waals surface area contributed by atoms with Crippen LogP contribution in [0.3, 0.4) is 0 Å². The maximum atomic E-state index is 12.9. The van der Waals surface area contributed by atoms with E-state index in [0.717, 1.165) is 17.0 Å². The van der Waals surface area contributed by atoms with Crippen molar-refractivity contribution >= 4 is 27.1 Å². The molecule has 0 unspecified atom stereocenters. The number of carbonyl (C=O) groups excluding carboxylic acids is 1. The van der Waals surface area contributed by atoms with Gasteiger partial charge in [-0.1, -0.05) is 37.3 Å². The Kier molecular flexibility index (Phi) is 5.01. The molecule has 2 heterocycles. The fourth-order valence-corrected chi connectivity index (χ4v) is 5.48. The molecule has 0 saturated carbocycles. The SMILES string of the molecule is CCCN(C(=O)c1csc(-c2ccccc2)n1)[C@@H]1CCS(=O)(=O)C1. The van der Waals surface area contributed by atoms with Crippen LogP contribution in [0, 0.1) is 0 Å². The molecule has 0 bridgehead atoms. The van der Waals surface area contributed by atoms with Crippen LogP contribution in [-0.2, 0) is 9.84 Å². The molecule has 1 aromatic heterocycles. The number of amides is 1. The highest BCUT2D eigenvalue weighted by Crippen LogP contribution is 2.25. The van der Waals surface area contributed by atoms with Crippen LogP contribution in [0.4, 0.5) is 0 Å². The number of nitrogens with zero attached hydrogens (tertiary/aromatic N) is 2. The minimum Gasteiger partial charge on any atom is -0.333 e. The molecular weight excluding hydrogens is 344 g/mol. The Morgan fingerprint density at radius 3 is 2.71 bits per heavy atom. The van der Waals surface area contributed by atoms with Crippen molar-refractivity contribution in [2.75, 3.05) is 18.1 Å². The smallest absolute Gasteiger partial charge is 0.273 e. The number of thiazole rings is 1. The number of benzene rings is 1. The van der Waals surface area contributed by atoms with E-state index in [4.69, 9.17) is 0 Å². The standard InChI is InChI=1S/C17H20N2O3S2/c1-2-9-19(14-8-10-24(21,22)12-14)17(20)15-11-23-16(18-15)13-6-4-3-5-7-13/h3-7,11,14H,2,8-10,12H2,1H3/t14-/m1/s1. The number of aromatic nitrogens is 1. The van der Waals surface area contributed by atoms with Gasteiger partial charge in [0.1, 0.15) is 10.7 Å². The Hall–Kier alpha value is -1.73. The summed E-state index contributed by atoms with van der Waals surface area (Å²) in [6.45, 7) is 2.54. The van der Waals surface area contributed by atoms with Gasteiger partial charge in [-0.05, 0) is 12.8 Å². The first kappa shape index (κ1) is 17.1. The highest BCUT2D eigenvalue weighted by atomic mass is 32.2. The van der Waals surface area contributed by atoms with E-state index in [2.05, 4.69) is 4.98 Å². The molecule has 1 aliphatic heterocycles. The number of hydrogen-bond donors (Lipinski definition) is 0. The van der Waals surface area contributed by atoms with Crippen molar-refractivity contribution in [3.63, 3.8) is 0 Å². The third-order valence-electron chi connectivity index (χ3n) is 4.12. The number of hydrogen-bond acceptors (Lipinski definition) is 5. The number of carbonyl (C=O) groups is 1. The minimum absolute atomic E-state index is 0.0639. The van der Waals surface area contributed by atoms with Crippen LogP contribution in [0.5, 0.6) is 0 Å². The van der Waals surface area contributed by atoms with Crippen molar-refractivity contribution in [1.29, 1.82) is 0 Å². The van der Waals surface area contributed by atoms with Crippen molar-refractivity contribution in [3.05, 3.63) is 41.4 Å². The first-order valence-corrected chi connectivity index (χ1v) is 10.7. The van der Waals surface area contributed by atoms with Gasteiger partial charge in [0.2, 0.25) is 0 Å². The largest absolute Gasteiger partial charge is 0.333 e. The summed E-state index contributed by atoms with van der Waals surface area (Å²) in [7, 11) is -3.02. The van der Waals surface area contributed by atoms with E-state index in [9.17, 15) is 13.2 Å². The zero-order valence-electron chi connectivity index (χ0n) is 13.5. The highest BCUT2D eigenvalue weighted by Gasteiger charge is 2.35. The van der Waals surface area contributed by atoms with Crippen LogP contribution in [0.15, 0.2) is 35.7 Å². The molecule has 7 heteroatoms. The van der Waals surface area contributed by atoms with Crippen LogP contribution in [0.25, 0.3) is 10.6 Å². The summed E-state index contributed by atoms with van der Waals surface area (Å²) >= 11 is 1.43. The van der Waals surface area contributed by atoms with Crippen molar-refractivity contribution in [1.82, 2.24) is 9.88 Å². The zero-order valence-corrected chi connectivity index (χ0v) is 15.1. The molecule has 5 nitrogen and oxygen atoms in total. The van der Waals surface area contributed by atoms with Gasteiger partial charge in [-0.2, -0.15) is 0 Å². The lowest BCUT2D eigenvalue weighted by molar-refractivity contribution is 0.0692. The van der Waals surface area contributed by atoms with E-state index in [-0.39, 0.29) is 23.5 Å². The summed E-state index contributed by atoms with van der Waals surface area (Å²) in [5, 5.41) is 2.56. The molecule has 1 saturated heterocycles. The molecule has 0 aliphatic carbocycles. The maximum absolute atomic E-state index is 12.9. The van der Waals surface area contributed by atoms with Crippen LogP contribution in [0.2, 0.25) is 0 Å². The Bertz CT molecular complexity index is 815. The second-order valence-corrected chi connectivity index (χ2v) is 9.05. The normalized spacial score (nSPS) is 19.3. The van der Waals surface area contributed by atoms with Crippen molar-refractivity contribution in [2.45, 2.75) is 25.8 Å². The Morgan fingerprint density at radius 2 is 2.08 bits per heavy atom. The lowest BCUT2D eigenvalue weighted by atomic mass is 10.2. The monoisotopic (exact) mass is 364 g/mol. The molecule has 3 rings (SSSR count). The lowest BCUT2D eigenvalue weighted by Gasteiger charge is -2.27. The summed E-state index contributed by atoms with van der Waals surface area (Å²) in [6, 6.07) is 9.49. The van der Waals surface area contributed by atoms with E-state index >= 15 is 0 Å². The number of sulfone groups is 1. The fourth-order valence-electron chi connectivity index (χ4n) is 2.94. The van der Waals surface area contributed by atoms with Gasteiger partial charge in [0.15, 0.2) is 9.84 Å². The second kappa shape index (κ2) is 7.03. The van der Waals surface area contributed by atoms with Gasteiger partial charge in [0.25, 0.3) is 5.91 Å². The van der Waals surface area contributed by atoms with Gasteiger partial charge in [-0.15, -0.1) is 11.3 Å². The summed E-state index contributed by atoms with van der Waals surface area (Å²) in [4.78, 5) is 19.0. The average molecular weight is 364 g/mol. The van der Waals surface area contributed by atoms with Gasteiger partial charge in [0, 0.05) is 23.5 Å². The topological polar surface area (TPSA) is 67.3 Å². The zero-order chi connectivity index (χ0) is 17.2. The van der Waals surface area contributed by atoms with Crippen molar-refractivity contribution in [2.24, 2.45) is 0 Å². The molecule has 1 aromatic carbocycles. The predicted octanol–water partition coefficient (Wildman–Crippen LogP) is 2.85. The Morgan fingerprint density at radius 1 is 1.33 bits per heavy atom. The maximum Gasteiger partial charge on any atom is 0.273 e. The van der Waals surface area contributed by atoms with E-state index in [1.54, 1.807) is 10.3 Å². The first-order valence-electron chi connectivity index (χ1n) is 8.02. The molecule has 0 spiro atoms. The predicted molar refractivity (Wildman–Crippen MR) is 95.9 cm³/mol. The molecule has 1 amide bonds. The van der Waals surface area contributed by atoms with Gasteiger partial charge < -0.3 is 4.90 Å². The highest BCUT2D eigenvalue weighted by molar-refractivity contribution is 7.91. The molecule has 0 N–H and O–H groups in total. The van der Waals surface area contributed by atoms with E-state index in [1.807, 2.05) is 37.3 Å². The summed E-state index contributed by atoms with van der Waals surface area (Å²) in [5.74, 6) is 0.0590. The van der Waals surface area contributed by atoms with Crippen LogP contribution >= 0.6 is 11.3 Å². The first-order chi connectivity index (χ1) is 11.5. The van der Waals surface area contributed by atoms with Gasteiger partial charge >= 0.3 is 0 Å². The van der Waals surface area contributed by atoms with E-state index < -0.39 is 9.84 Å². The minimum atomic E-state index is -3.02. The van der Waals surface area contributed by atoms with Crippen LogP contribution < -0.4 is 0 Å². The van der Waals surface area contributed by atoms with Gasteiger partial charge in [-0.3, -0.25) is 4.79 Å². The van der Waals surface area contributed by atoms with Gasteiger partial charge in [-0.25, -0.2) is 13.4 Å². The Balaban J connectivity index is 1.82. The molecule has 1 atom stereocenters.